The molecule has 0 heterocycles. The number of rotatable bonds is 4. The molecule has 0 saturated carbocycles. The van der Waals surface area contributed by atoms with Crippen molar-refractivity contribution < 1.29 is 4.79 Å². The Balaban J connectivity index is 2.25. The normalized spacial score (nSPS) is 11.2. The minimum absolute atomic E-state index is 0.204. The molecule has 3 heteroatoms. The summed E-state index contributed by atoms with van der Waals surface area (Å²) in [6.45, 7) is 2.25. The van der Waals surface area contributed by atoms with Gasteiger partial charge in [-0.15, -0.1) is 6.42 Å². The number of aryl methyl sites for hydroxylation is 1. The van der Waals surface area contributed by atoms with Crippen molar-refractivity contribution >= 4 is 6.03 Å². The van der Waals surface area contributed by atoms with Crippen molar-refractivity contribution in [3.8, 4) is 12.3 Å². The topological polar surface area (TPSA) is 41.1 Å². The molecule has 0 unspecified atom stereocenters. The molecule has 0 radical (unpaired) electrons. The molecule has 0 aliphatic heterocycles. The van der Waals surface area contributed by atoms with Gasteiger partial charge in [-0.1, -0.05) is 66.1 Å². The molecule has 0 fully saturated rings. The first kappa shape index (κ1) is 14.7. The summed E-state index contributed by atoms with van der Waals surface area (Å²) in [7, 11) is 0. The zero-order valence-corrected chi connectivity index (χ0v) is 12.0. The molecule has 0 aliphatic rings. The number of hydrogen-bond donors (Lipinski definition) is 2. The largest absolute Gasteiger partial charge is 0.327 e. The van der Waals surface area contributed by atoms with E-state index < -0.39 is 0 Å². The van der Waals surface area contributed by atoms with Crippen LogP contribution in [0.4, 0.5) is 4.79 Å². The van der Waals surface area contributed by atoms with Crippen molar-refractivity contribution in [1.29, 1.82) is 0 Å². The zero-order valence-electron chi connectivity index (χ0n) is 12.0. The minimum atomic E-state index is -0.276. The third-order valence-corrected chi connectivity index (χ3v) is 3.17. The number of amides is 2. The molecule has 2 aromatic carbocycles. The average molecular weight is 278 g/mol. The number of carbonyl (C=O) groups is 1. The fraction of sp³-hybridized carbons (Fsp3) is 0.167. The van der Waals surface area contributed by atoms with Crippen molar-refractivity contribution in [3.63, 3.8) is 0 Å². The fourth-order valence-corrected chi connectivity index (χ4v) is 2.08. The molecule has 21 heavy (non-hydrogen) atoms. The molecule has 106 valence electrons. The Hall–Kier alpha value is -2.73. The van der Waals surface area contributed by atoms with Crippen LogP contribution in [0, 0.1) is 19.3 Å². The summed E-state index contributed by atoms with van der Waals surface area (Å²) < 4.78 is 0. The number of carbonyl (C=O) groups excluding carboxylic acids is 1. The highest BCUT2D eigenvalue weighted by Crippen LogP contribution is 2.22. The Kier molecular flexibility index (Phi) is 5.00. The van der Waals surface area contributed by atoms with Gasteiger partial charge in [-0.05, 0) is 18.1 Å². The lowest BCUT2D eigenvalue weighted by Crippen LogP contribution is -2.38. The van der Waals surface area contributed by atoms with E-state index >= 15 is 0 Å². The summed E-state index contributed by atoms with van der Waals surface area (Å²) in [4.78, 5) is 11.9. The Labute approximate surface area is 125 Å². The van der Waals surface area contributed by atoms with Gasteiger partial charge in [0.1, 0.15) is 0 Å². The van der Waals surface area contributed by atoms with Crippen LogP contribution in [0.5, 0.6) is 0 Å². The van der Waals surface area contributed by atoms with E-state index in [1.807, 2.05) is 61.5 Å². The number of urea groups is 1. The predicted octanol–water partition coefficient (Wildman–Crippen LogP) is 3.02. The first-order valence-corrected chi connectivity index (χ1v) is 6.80. The van der Waals surface area contributed by atoms with Gasteiger partial charge in [0.15, 0.2) is 0 Å². The second kappa shape index (κ2) is 7.16. The van der Waals surface area contributed by atoms with Crippen LogP contribution in [0.2, 0.25) is 0 Å². The molecule has 1 atom stereocenters. The first-order valence-electron chi connectivity index (χ1n) is 6.80. The van der Waals surface area contributed by atoms with Crippen molar-refractivity contribution in [3.05, 3.63) is 71.3 Å². The zero-order chi connectivity index (χ0) is 15.1. The third-order valence-electron chi connectivity index (χ3n) is 3.17. The summed E-state index contributed by atoms with van der Waals surface area (Å²) >= 11 is 0. The summed E-state index contributed by atoms with van der Waals surface area (Å²) in [6.07, 6.45) is 5.15. The van der Waals surface area contributed by atoms with Crippen LogP contribution in [0.15, 0.2) is 54.6 Å². The third kappa shape index (κ3) is 4.12. The van der Waals surface area contributed by atoms with E-state index in [1.54, 1.807) is 0 Å². The minimum Gasteiger partial charge on any atom is -0.327 e. The van der Waals surface area contributed by atoms with Crippen LogP contribution < -0.4 is 10.6 Å². The van der Waals surface area contributed by atoms with Gasteiger partial charge < -0.3 is 10.6 Å². The standard InChI is InChI=1S/C18H18N2O/c1-3-13-19-18(21)20-17(15-7-5-4-6-8-15)16-11-9-14(2)10-12-16/h1,4-12,17H,13H2,2H3,(H2,19,20,21)/t17-/m0/s1. The molecular formula is C18H18N2O. The second-order valence-electron chi connectivity index (χ2n) is 4.79. The maximum absolute atomic E-state index is 11.9. The van der Waals surface area contributed by atoms with Crippen LogP contribution in [0.1, 0.15) is 22.7 Å². The Morgan fingerprint density at radius 3 is 2.33 bits per heavy atom. The molecule has 0 bridgehead atoms. The lowest BCUT2D eigenvalue weighted by Gasteiger charge is -2.20. The number of nitrogens with one attached hydrogen (secondary N) is 2. The lowest BCUT2D eigenvalue weighted by atomic mass is 9.98. The molecule has 2 aromatic rings. The SMILES string of the molecule is C#CCNC(=O)N[C@@H](c1ccccc1)c1ccc(C)cc1. The highest BCUT2D eigenvalue weighted by atomic mass is 16.2. The van der Waals surface area contributed by atoms with Crippen LogP contribution in [-0.4, -0.2) is 12.6 Å². The maximum atomic E-state index is 11.9. The smallest absolute Gasteiger partial charge is 0.316 e. The van der Waals surface area contributed by atoms with Crippen LogP contribution in [0.25, 0.3) is 0 Å². The number of terminal acetylenes is 1. The van der Waals surface area contributed by atoms with E-state index in [1.165, 1.54) is 5.56 Å². The molecule has 2 amide bonds. The second-order valence-corrected chi connectivity index (χ2v) is 4.79. The maximum Gasteiger partial charge on any atom is 0.316 e. The van der Waals surface area contributed by atoms with E-state index in [2.05, 4.69) is 16.6 Å². The Bertz CT molecular complexity index is 627. The fourth-order valence-electron chi connectivity index (χ4n) is 2.08. The summed E-state index contributed by atoms with van der Waals surface area (Å²) in [5.41, 5.74) is 3.24. The van der Waals surface area contributed by atoms with Crippen LogP contribution in [-0.2, 0) is 0 Å². The van der Waals surface area contributed by atoms with Gasteiger partial charge in [-0.25, -0.2) is 4.79 Å². The van der Waals surface area contributed by atoms with E-state index in [0.717, 1.165) is 11.1 Å². The van der Waals surface area contributed by atoms with Gasteiger partial charge in [0.2, 0.25) is 0 Å². The number of benzene rings is 2. The molecular weight excluding hydrogens is 260 g/mol. The lowest BCUT2D eigenvalue weighted by molar-refractivity contribution is 0.240. The molecule has 3 nitrogen and oxygen atoms in total. The van der Waals surface area contributed by atoms with Gasteiger partial charge in [-0.3, -0.25) is 0 Å². The average Bonchev–Trinajstić information content (AvgIpc) is 2.52. The molecule has 0 spiro atoms. The quantitative estimate of drug-likeness (QED) is 0.829. The Morgan fingerprint density at radius 2 is 1.71 bits per heavy atom. The van der Waals surface area contributed by atoms with Gasteiger partial charge in [0.05, 0.1) is 12.6 Å². The molecule has 0 aromatic heterocycles. The molecule has 0 saturated heterocycles. The van der Waals surface area contributed by atoms with E-state index in [-0.39, 0.29) is 18.6 Å². The van der Waals surface area contributed by atoms with Crippen LogP contribution in [0.3, 0.4) is 0 Å². The van der Waals surface area contributed by atoms with Crippen molar-refractivity contribution in [1.82, 2.24) is 10.6 Å². The van der Waals surface area contributed by atoms with Gasteiger partial charge >= 0.3 is 6.03 Å². The predicted molar refractivity (Wildman–Crippen MR) is 84.8 cm³/mol. The van der Waals surface area contributed by atoms with Crippen molar-refractivity contribution in [2.24, 2.45) is 0 Å². The van der Waals surface area contributed by atoms with Gasteiger partial charge in [-0.2, -0.15) is 0 Å². The summed E-state index contributed by atoms with van der Waals surface area (Å²) in [5, 5.41) is 5.59. The van der Waals surface area contributed by atoms with Gasteiger partial charge in [0, 0.05) is 0 Å². The highest BCUT2D eigenvalue weighted by molar-refractivity contribution is 5.75. The van der Waals surface area contributed by atoms with Crippen LogP contribution >= 0.6 is 0 Å². The summed E-state index contributed by atoms with van der Waals surface area (Å²) in [5.74, 6) is 2.39. The molecule has 2 rings (SSSR count). The monoisotopic (exact) mass is 278 g/mol. The molecule has 2 N–H and O–H groups in total. The number of hydrogen-bond acceptors (Lipinski definition) is 1. The first-order chi connectivity index (χ1) is 10.2. The van der Waals surface area contributed by atoms with E-state index in [4.69, 9.17) is 6.42 Å². The Morgan fingerprint density at radius 1 is 1.10 bits per heavy atom. The highest BCUT2D eigenvalue weighted by Gasteiger charge is 2.16. The van der Waals surface area contributed by atoms with Crippen molar-refractivity contribution in [2.45, 2.75) is 13.0 Å². The van der Waals surface area contributed by atoms with E-state index in [9.17, 15) is 4.79 Å². The van der Waals surface area contributed by atoms with Crippen molar-refractivity contribution in [2.75, 3.05) is 6.54 Å². The van der Waals surface area contributed by atoms with E-state index in [0.29, 0.717) is 0 Å². The van der Waals surface area contributed by atoms with Gasteiger partial charge in [0.25, 0.3) is 0 Å². The summed E-state index contributed by atoms with van der Waals surface area (Å²) in [6, 6.07) is 17.5. The molecule has 0 aliphatic carbocycles.